The van der Waals surface area contributed by atoms with Crippen LogP contribution in [0.25, 0.3) is 11.1 Å². The van der Waals surface area contributed by atoms with Crippen LogP contribution in [-0.4, -0.2) is 28.3 Å². The smallest absolute Gasteiger partial charge is 0.319 e. The number of nitrogens with zero attached hydrogens (tertiary/aromatic N) is 1. The summed E-state index contributed by atoms with van der Waals surface area (Å²) in [4.78, 5) is 37.2. The van der Waals surface area contributed by atoms with Crippen molar-refractivity contribution in [2.75, 3.05) is 11.9 Å². The summed E-state index contributed by atoms with van der Waals surface area (Å²) in [5.41, 5.74) is 0.740. The predicted octanol–water partition coefficient (Wildman–Crippen LogP) is 4.16. The molecular weight excluding hydrogens is 460 g/mol. The van der Waals surface area contributed by atoms with Crippen LogP contribution in [0.4, 0.5) is 19.3 Å². The van der Waals surface area contributed by atoms with Gasteiger partial charge in [0.15, 0.2) is 5.69 Å². The Balaban J connectivity index is 1.85. The van der Waals surface area contributed by atoms with Crippen LogP contribution in [0.2, 0.25) is 0 Å². The third-order valence-electron chi connectivity index (χ3n) is 5.42. The molecule has 184 valence electrons. The standard InChI is InChI=1S/C25H25F2N3O5/c1-4-35-22(32)13-20(28-25(34)29-23-21(31)11-14(2)30(3)24(23)33)16-7-5-15(6-8-16)18-10-9-17(26)12-19(18)27/h5-12,20,31H,4,13H2,1-3H3,(H2,28,29,34)/t20-/m0/s1. The monoisotopic (exact) mass is 485 g/mol. The molecule has 0 unspecified atom stereocenters. The van der Waals surface area contributed by atoms with Gasteiger partial charge in [0, 0.05) is 30.4 Å². The molecule has 3 aromatic rings. The first-order valence-corrected chi connectivity index (χ1v) is 10.8. The quantitative estimate of drug-likeness (QED) is 0.436. The largest absolute Gasteiger partial charge is 0.505 e. The van der Waals surface area contributed by atoms with Crippen molar-refractivity contribution in [3.8, 4) is 16.9 Å². The molecule has 10 heteroatoms. The van der Waals surface area contributed by atoms with E-state index in [-0.39, 0.29) is 24.3 Å². The molecule has 3 N–H and O–H groups in total. The molecule has 0 bridgehead atoms. The number of urea groups is 1. The van der Waals surface area contributed by atoms with Crippen molar-refractivity contribution >= 4 is 17.7 Å². The third-order valence-corrected chi connectivity index (χ3v) is 5.42. The van der Waals surface area contributed by atoms with Crippen molar-refractivity contribution < 1.29 is 28.2 Å². The number of carbonyl (C=O) groups is 2. The number of hydrogen-bond donors (Lipinski definition) is 3. The second kappa shape index (κ2) is 10.8. The van der Waals surface area contributed by atoms with E-state index in [1.54, 1.807) is 38.1 Å². The van der Waals surface area contributed by atoms with Crippen LogP contribution in [0.5, 0.6) is 5.75 Å². The van der Waals surface area contributed by atoms with Gasteiger partial charge in [0.05, 0.1) is 19.1 Å². The van der Waals surface area contributed by atoms with E-state index < -0.39 is 41.0 Å². The maximum atomic E-state index is 14.1. The molecule has 8 nitrogen and oxygen atoms in total. The lowest BCUT2D eigenvalue weighted by atomic mass is 9.99. The molecule has 35 heavy (non-hydrogen) atoms. The lowest BCUT2D eigenvalue weighted by Gasteiger charge is -2.20. The van der Waals surface area contributed by atoms with Crippen molar-refractivity contribution in [1.29, 1.82) is 0 Å². The molecule has 0 saturated heterocycles. The van der Waals surface area contributed by atoms with Crippen molar-refractivity contribution in [2.45, 2.75) is 26.3 Å². The summed E-state index contributed by atoms with van der Waals surface area (Å²) < 4.78 is 33.6. The maximum Gasteiger partial charge on any atom is 0.319 e. The van der Waals surface area contributed by atoms with Gasteiger partial charge < -0.3 is 25.0 Å². The van der Waals surface area contributed by atoms with Crippen molar-refractivity contribution in [3.63, 3.8) is 0 Å². The van der Waals surface area contributed by atoms with Crippen LogP contribution >= 0.6 is 0 Å². The number of carbonyl (C=O) groups excluding carboxylic acids is 2. The SMILES string of the molecule is CCOC(=O)C[C@H](NC(=O)Nc1c(O)cc(C)n(C)c1=O)c1ccc(-c2ccc(F)cc2F)cc1. The lowest BCUT2D eigenvalue weighted by Crippen LogP contribution is -2.36. The summed E-state index contributed by atoms with van der Waals surface area (Å²) >= 11 is 0. The van der Waals surface area contributed by atoms with Gasteiger partial charge in [-0.2, -0.15) is 0 Å². The molecule has 2 aromatic carbocycles. The van der Waals surface area contributed by atoms with Gasteiger partial charge in [-0.3, -0.25) is 9.59 Å². The number of halogens is 2. The van der Waals surface area contributed by atoms with Gasteiger partial charge in [-0.05, 0) is 37.1 Å². The van der Waals surface area contributed by atoms with Gasteiger partial charge in [-0.1, -0.05) is 24.3 Å². The number of ether oxygens (including phenoxy) is 1. The van der Waals surface area contributed by atoms with Crippen LogP contribution in [0.15, 0.2) is 53.3 Å². The van der Waals surface area contributed by atoms with Crippen molar-refractivity contribution in [3.05, 3.63) is 81.8 Å². The molecule has 2 amide bonds. The number of esters is 1. The van der Waals surface area contributed by atoms with E-state index in [0.29, 0.717) is 16.8 Å². The van der Waals surface area contributed by atoms with Crippen LogP contribution in [0.3, 0.4) is 0 Å². The maximum absolute atomic E-state index is 14.1. The number of pyridine rings is 1. The van der Waals surface area contributed by atoms with Crippen LogP contribution in [0.1, 0.15) is 30.6 Å². The Morgan fingerprint density at radius 2 is 1.80 bits per heavy atom. The van der Waals surface area contributed by atoms with Crippen LogP contribution in [-0.2, 0) is 16.6 Å². The Kier molecular flexibility index (Phi) is 7.85. The number of hydrogen-bond acceptors (Lipinski definition) is 5. The minimum atomic E-state index is -0.863. The molecule has 0 fully saturated rings. The number of aromatic nitrogens is 1. The van der Waals surface area contributed by atoms with Gasteiger partial charge in [0.25, 0.3) is 5.56 Å². The number of anilines is 1. The van der Waals surface area contributed by atoms with Gasteiger partial charge in [-0.15, -0.1) is 0 Å². The Bertz CT molecular complexity index is 1310. The molecule has 0 saturated carbocycles. The average molecular weight is 485 g/mol. The fourth-order valence-corrected chi connectivity index (χ4v) is 3.49. The van der Waals surface area contributed by atoms with E-state index in [1.165, 1.54) is 23.7 Å². The fraction of sp³-hybridized carbons (Fsp3) is 0.240. The summed E-state index contributed by atoms with van der Waals surface area (Å²) in [6, 6.07) is 9.21. The predicted molar refractivity (Wildman–Crippen MR) is 126 cm³/mol. The van der Waals surface area contributed by atoms with E-state index in [9.17, 15) is 28.3 Å². The lowest BCUT2D eigenvalue weighted by molar-refractivity contribution is -0.143. The molecule has 0 aliphatic rings. The summed E-state index contributed by atoms with van der Waals surface area (Å²) in [6.07, 6.45) is -0.219. The first kappa shape index (κ1) is 25.4. The number of amides is 2. The first-order chi connectivity index (χ1) is 16.6. The second-order valence-electron chi connectivity index (χ2n) is 7.82. The zero-order valence-electron chi connectivity index (χ0n) is 19.4. The van der Waals surface area contributed by atoms with E-state index in [1.807, 2.05) is 0 Å². The zero-order valence-corrected chi connectivity index (χ0v) is 19.4. The highest BCUT2D eigenvalue weighted by atomic mass is 19.1. The summed E-state index contributed by atoms with van der Waals surface area (Å²) in [6.45, 7) is 3.42. The van der Waals surface area contributed by atoms with E-state index in [4.69, 9.17) is 4.74 Å². The number of benzene rings is 2. The van der Waals surface area contributed by atoms with E-state index >= 15 is 0 Å². The highest BCUT2D eigenvalue weighted by Gasteiger charge is 2.21. The minimum absolute atomic E-state index is 0.147. The summed E-state index contributed by atoms with van der Waals surface area (Å²) in [7, 11) is 1.50. The summed E-state index contributed by atoms with van der Waals surface area (Å²) in [5, 5.41) is 15.0. The molecule has 3 rings (SSSR count). The summed E-state index contributed by atoms with van der Waals surface area (Å²) in [5.74, 6) is -2.38. The van der Waals surface area contributed by atoms with E-state index in [2.05, 4.69) is 10.6 Å². The normalized spacial score (nSPS) is 11.6. The molecule has 1 heterocycles. The Morgan fingerprint density at radius 3 is 2.43 bits per heavy atom. The van der Waals surface area contributed by atoms with Gasteiger partial charge in [-0.25, -0.2) is 13.6 Å². The fourth-order valence-electron chi connectivity index (χ4n) is 3.49. The molecular formula is C25H25F2N3O5. The molecule has 0 spiro atoms. The zero-order chi connectivity index (χ0) is 25.7. The Hall–Kier alpha value is -4.21. The van der Waals surface area contributed by atoms with Crippen LogP contribution < -0.4 is 16.2 Å². The van der Waals surface area contributed by atoms with Crippen molar-refractivity contribution in [2.24, 2.45) is 7.05 Å². The van der Waals surface area contributed by atoms with Gasteiger partial charge >= 0.3 is 12.0 Å². The van der Waals surface area contributed by atoms with Gasteiger partial charge in [0.1, 0.15) is 17.4 Å². The van der Waals surface area contributed by atoms with E-state index in [0.717, 1.165) is 12.1 Å². The molecule has 1 atom stereocenters. The first-order valence-electron chi connectivity index (χ1n) is 10.8. The minimum Gasteiger partial charge on any atom is -0.505 e. The average Bonchev–Trinajstić information content (AvgIpc) is 2.80. The molecule has 1 aromatic heterocycles. The molecule has 0 aliphatic carbocycles. The molecule has 0 radical (unpaired) electrons. The third kappa shape index (κ3) is 6.03. The van der Waals surface area contributed by atoms with Crippen LogP contribution in [0, 0.1) is 18.6 Å². The second-order valence-corrected chi connectivity index (χ2v) is 7.82. The number of nitrogens with one attached hydrogen (secondary N) is 2. The number of aromatic hydroxyl groups is 1. The molecule has 0 aliphatic heterocycles. The highest BCUT2D eigenvalue weighted by molar-refractivity contribution is 5.91. The number of rotatable bonds is 7. The highest BCUT2D eigenvalue weighted by Crippen LogP contribution is 2.27. The number of aryl methyl sites for hydroxylation is 1. The van der Waals surface area contributed by atoms with Gasteiger partial charge in [0.2, 0.25) is 0 Å². The Morgan fingerprint density at radius 1 is 1.11 bits per heavy atom. The Labute approximate surface area is 200 Å². The topological polar surface area (TPSA) is 110 Å². The van der Waals surface area contributed by atoms with Crippen molar-refractivity contribution in [1.82, 2.24) is 9.88 Å².